The standard InChI is InChI=1S/C14H21N5OS/c1-4-6-10-13(21-19-18-10)11(15-7-5-2)12-14(20-3)17-9-8-16-12/h8-9,11,15H,4-7H2,1-3H3. The van der Waals surface area contributed by atoms with Crippen LogP contribution in [0.2, 0.25) is 0 Å². The molecule has 0 fully saturated rings. The van der Waals surface area contributed by atoms with Crippen molar-refractivity contribution in [2.45, 2.75) is 39.2 Å². The minimum Gasteiger partial charge on any atom is -0.480 e. The topological polar surface area (TPSA) is 72.8 Å². The molecule has 1 unspecified atom stereocenters. The molecule has 0 aliphatic heterocycles. The number of methoxy groups -OCH3 is 1. The van der Waals surface area contributed by atoms with Gasteiger partial charge in [0.05, 0.1) is 23.7 Å². The number of nitrogens with one attached hydrogen (secondary N) is 1. The lowest BCUT2D eigenvalue weighted by atomic mass is 10.1. The van der Waals surface area contributed by atoms with Gasteiger partial charge in [0.25, 0.3) is 0 Å². The summed E-state index contributed by atoms with van der Waals surface area (Å²) in [6.07, 6.45) is 6.31. The van der Waals surface area contributed by atoms with Crippen molar-refractivity contribution in [3.8, 4) is 5.88 Å². The first-order chi connectivity index (χ1) is 10.3. The summed E-state index contributed by atoms with van der Waals surface area (Å²) in [4.78, 5) is 9.81. The molecule has 21 heavy (non-hydrogen) atoms. The van der Waals surface area contributed by atoms with Crippen LogP contribution in [-0.4, -0.2) is 33.2 Å². The third-order valence-corrected chi connectivity index (χ3v) is 3.92. The number of rotatable bonds is 8. The van der Waals surface area contributed by atoms with Crippen LogP contribution in [0.15, 0.2) is 12.4 Å². The molecule has 7 heteroatoms. The number of ether oxygens (including phenoxy) is 1. The highest BCUT2D eigenvalue weighted by molar-refractivity contribution is 7.05. The Morgan fingerprint density at radius 2 is 2.05 bits per heavy atom. The first kappa shape index (κ1) is 15.8. The first-order valence-corrected chi connectivity index (χ1v) is 7.98. The summed E-state index contributed by atoms with van der Waals surface area (Å²) in [6, 6.07) is -0.0739. The Morgan fingerprint density at radius 3 is 2.76 bits per heavy atom. The number of aryl methyl sites for hydroxylation is 1. The van der Waals surface area contributed by atoms with Crippen LogP contribution < -0.4 is 10.1 Å². The van der Waals surface area contributed by atoms with Gasteiger partial charge in [0.1, 0.15) is 5.69 Å². The third kappa shape index (κ3) is 3.74. The highest BCUT2D eigenvalue weighted by Crippen LogP contribution is 2.30. The molecule has 114 valence electrons. The fraction of sp³-hybridized carbons (Fsp3) is 0.571. The van der Waals surface area contributed by atoms with Crippen LogP contribution in [-0.2, 0) is 6.42 Å². The summed E-state index contributed by atoms with van der Waals surface area (Å²) in [5.41, 5.74) is 1.82. The van der Waals surface area contributed by atoms with Crippen molar-refractivity contribution in [2.75, 3.05) is 13.7 Å². The predicted octanol–water partition coefficient (Wildman–Crippen LogP) is 2.38. The molecule has 0 amide bonds. The van der Waals surface area contributed by atoms with Gasteiger partial charge in [-0.2, -0.15) is 0 Å². The molecule has 0 radical (unpaired) electrons. The Morgan fingerprint density at radius 1 is 1.24 bits per heavy atom. The molecule has 2 rings (SSSR count). The van der Waals surface area contributed by atoms with Crippen LogP contribution in [0.3, 0.4) is 0 Å². The second-order valence-corrected chi connectivity index (χ2v) is 5.46. The molecule has 0 aliphatic rings. The molecule has 1 atom stereocenters. The highest BCUT2D eigenvalue weighted by Gasteiger charge is 2.25. The Hall–Kier alpha value is -1.60. The fourth-order valence-corrected chi connectivity index (χ4v) is 2.91. The van der Waals surface area contributed by atoms with Gasteiger partial charge >= 0.3 is 0 Å². The van der Waals surface area contributed by atoms with Gasteiger partial charge < -0.3 is 10.1 Å². The predicted molar refractivity (Wildman–Crippen MR) is 82.6 cm³/mol. The molecule has 0 saturated heterocycles. The van der Waals surface area contributed by atoms with Gasteiger partial charge in [-0.3, -0.25) is 4.98 Å². The highest BCUT2D eigenvalue weighted by atomic mass is 32.1. The zero-order valence-corrected chi connectivity index (χ0v) is 13.5. The van der Waals surface area contributed by atoms with E-state index < -0.39 is 0 Å². The average Bonchev–Trinajstić information content (AvgIpc) is 2.97. The second kappa shape index (κ2) is 7.99. The van der Waals surface area contributed by atoms with Gasteiger partial charge in [0.2, 0.25) is 5.88 Å². The molecule has 0 spiro atoms. The van der Waals surface area contributed by atoms with Gasteiger partial charge in [0, 0.05) is 12.4 Å². The van der Waals surface area contributed by atoms with Crippen LogP contribution in [0.1, 0.15) is 49.0 Å². The van der Waals surface area contributed by atoms with E-state index >= 15 is 0 Å². The van der Waals surface area contributed by atoms with Gasteiger partial charge in [-0.1, -0.05) is 24.8 Å². The molecule has 0 saturated carbocycles. The zero-order valence-electron chi connectivity index (χ0n) is 12.7. The van der Waals surface area contributed by atoms with E-state index in [1.165, 1.54) is 11.5 Å². The van der Waals surface area contributed by atoms with Gasteiger partial charge in [-0.25, -0.2) is 4.98 Å². The Balaban J connectivity index is 2.40. The zero-order chi connectivity index (χ0) is 15.1. The molecule has 2 aromatic rings. The Bertz CT molecular complexity index is 560. The van der Waals surface area contributed by atoms with Crippen molar-refractivity contribution in [3.63, 3.8) is 0 Å². The Kier molecular flexibility index (Phi) is 6.01. The lowest BCUT2D eigenvalue weighted by molar-refractivity contribution is 0.382. The monoisotopic (exact) mass is 307 g/mol. The summed E-state index contributed by atoms with van der Waals surface area (Å²) >= 11 is 1.42. The molecule has 2 heterocycles. The molecular formula is C14H21N5OS. The van der Waals surface area contributed by atoms with E-state index in [-0.39, 0.29) is 6.04 Å². The van der Waals surface area contributed by atoms with Crippen molar-refractivity contribution in [1.82, 2.24) is 24.9 Å². The van der Waals surface area contributed by atoms with Gasteiger partial charge in [0.15, 0.2) is 0 Å². The number of aromatic nitrogens is 4. The normalized spacial score (nSPS) is 12.3. The quantitative estimate of drug-likeness (QED) is 0.807. The summed E-state index contributed by atoms with van der Waals surface area (Å²) in [6.45, 7) is 5.16. The smallest absolute Gasteiger partial charge is 0.237 e. The average molecular weight is 307 g/mol. The lowest BCUT2D eigenvalue weighted by Crippen LogP contribution is -2.25. The molecule has 0 aromatic carbocycles. The van der Waals surface area contributed by atoms with Crippen LogP contribution >= 0.6 is 11.5 Å². The molecule has 1 N–H and O–H groups in total. The van der Waals surface area contributed by atoms with E-state index in [1.807, 2.05) is 0 Å². The largest absolute Gasteiger partial charge is 0.480 e. The maximum absolute atomic E-state index is 5.35. The van der Waals surface area contributed by atoms with E-state index in [0.717, 1.165) is 42.1 Å². The Labute approximate surface area is 129 Å². The second-order valence-electron chi connectivity index (χ2n) is 4.67. The molecule has 6 nitrogen and oxygen atoms in total. The van der Waals surface area contributed by atoms with Gasteiger partial charge in [-0.15, -0.1) is 5.10 Å². The summed E-state index contributed by atoms with van der Waals surface area (Å²) in [5.74, 6) is 0.543. The van der Waals surface area contributed by atoms with Crippen LogP contribution in [0.5, 0.6) is 5.88 Å². The summed E-state index contributed by atoms with van der Waals surface area (Å²) < 4.78 is 9.47. The number of hydrogen-bond acceptors (Lipinski definition) is 7. The first-order valence-electron chi connectivity index (χ1n) is 7.21. The van der Waals surface area contributed by atoms with Crippen molar-refractivity contribution >= 4 is 11.5 Å². The number of nitrogens with zero attached hydrogens (tertiary/aromatic N) is 4. The summed E-state index contributed by atoms with van der Waals surface area (Å²) in [5, 5.41) is 7.76. The van der Waals surface area contributed by atoms with Crippen molar-refractivity contribution < 1.29 is 4.74 Å². The minimum absolute atomic E-state index is 0.0739. The van der Waals surface area contributed by atoms with Crippen LogP contribution in [0.25, 0.3) is 0 Å². The third-order valence-electron chi connectivity index (χ3n) is 3.09. The molecule has 2 aromatic heterocycles. The van der Waals surface area contributed by atoms with Crippen LogP contribution in [0.4, 0.5) is 0 Å². The SMILES string of the molecule is CCCNC(c1nccnc1OC)c1snnc1CCC. The van der Waals surface area contributed by atoms with E-state index in [4.69, 9.17) is 4.74 Å². The van der Waals surface area contributed by atoms with E-state index in [9.17, 15) is 0 Å². The number of hydrogen-bond donors (Lipinski definition) is 1. The van der Waals surface area contributed by atoms with Gasteiger partial charge in [-0.05, 0) is 30.9 Å². The maximum Gasteiger partial charge on any atom is 0.237 e. The molecular weight excluding hydrogens is 286 g/mol. The molecule has 0 aliphatic carbocycles. The van der Waals surface area contributed by atoms with E-state index in [2.05, 4.69) is 38.7 Å². The van der Waals surface area contributed by atoms with Crippen molar-refractivity contribution in [2.24, 2.45) is 0 Å². The lowest BCUT2D eigenvalue weighted by Gasteiger charge is -2.18. The maximum atomic E-state index is 5.35. The molecule has 0 bridgehead atoms. The van der Waals surface area contributed by atoms with Crippen molar-refractivity contribution in [1.29, 1.82) is 0 Å². The fourth-order valence-electron chi connectivity index (χ4n) is 2.14. The van der Waals surface area contributed by atoms with Crippen molar-refractivity contribution in [3.05, 3.63) is 28.7 Å². The minimum atomic E-state index is -0.0739. The van der Waals surface area contributed by atoms with Crippen LogP contribution in [0, 0.1) is 0 Å². The van der Waals surface area contributed by atoms with E-state index in [0.29, 0.717) is 5.88 Å². The van der Waals surface area contributed by atoms with E-state index in [1.54, 1.807) is 19.5 Å². The summed E-state index contributed by atoms with van der Waals surface area (Å²) in [7, 11) is 1.61.